The van der Waals surface area contributed by atoms with Crippen LogP contribution in [0.1, 0.15) is 56.9 Å². The van der Waals surface area contributed by atoms with Gasteiger partial charge in [0.2, 0.25) is 0 Å². The second-order valence-electron chi connectivity index (χ2n) is 13.3. The summed E-state index contributed by atoms with van der Waals surface area (Å²) in [6, 6.07) is 6.90. The molecule has 1 N–H and O–H groups in total. The molecule has 0 radical (unpaired) electrons. The van der Waals surface area contributed by atoms with Crippen LogP contribution >= 0.6 is 0 Å². The van der Waals surface area contributed by atoms with Gasteiger partial charge in [0.15, 0.2) is 5.82 Å². The Morgan fingerprint density at radius 2 is 1.91 bits per heavy atom. The highest BCUT2D eigenvalue weighted by Gasteiger charge is 2.51. The molecule has 4 heterocycles. The van der Waals surface area contributed by atoms with E-state index in [0.717, 1.165) is 32.2 Å². The number of fused-ring (bicyclic) bond motifs is 3. The van der Waals surface area contributed by atoms with Crippen molar-refractivity contribution in [2.75, 3.05) is 44.4 Å². The number of hydrogen-bond donors (Lipinski definition) is 1. The van der Waals surface area contributed by atoms with E-state index in [4.69, 9.17) is 20.9 Å². The van der Waals surface area contributed by atoms with Gasteiger partial charge >= 0.3 is 6.01 Å². The lowest BCUT2D eigenvalue weighted by molar-refractivity contribution is -0.00466. The summed E-state index contributed by atoms with van der Waals surface area (Å²) in [7, 11) is 0. The lowest BCUT2D eigenvalue weighted by Crippen LogP contribution is -2.52. The van der Waals surface area contributed by atoms with Crippen molar-refractivity contribution in [1.82, 2.24) is 19.9 Å². The highest BCUT2D eigenvalue weighted by molar-refractivity contribution is 6.03. The Morgan fingerprint density at radius 1 is 1.04 bits per heavy atom. The smallest absolute Gasteiger partial charge is 0.319 e. The maximum absolute atomic E-state index is 16.8. The Bertz CT molecular complexity index is 1870. The number of pyridine rings is 1. The molecule has 10 heteroatoms. The van der Waals surface area contributed by atoms with Crippen LogP contribution in [0, 0.1) is 29.4 Å². The Hall–Kier alpha value is -4.07. The molecule has 4 aromatic rings. The number of aromatic nitrogens is 3. The number of ether oxygens (including phenoxy) is 2. The Morgan fingerprint density at radius 3 is 2.76 bits per heavy atom. The molecule has 46 heavy (non-hydrogen) atoms. The fraction of sp³-hybridized carbons (Fsp3) is 0.472. The van der Waals surface area contributed by atoms with Gasteiger partial charge in [0, 0.05) is 54.3 Å². The van der Waals surface area contributed by atoms with Crippen molar-refractivity contribution < 1.29 is 23.4 Å². The van der Waals surface area contributed by atoms with E-state index in [1.54, 1.807) is 6.20 Å². The summed E-state index contributed by atoms with van der Waals surface area (Å²) < 4.78 is 43.9. The second kappa shape index (κ2) is 11.6. The molecule has 0 bridgehead atoms. The fourth-order valence-electron chi connectivity index (χ4n) is 8.22. The number of likely N-dealkylation sites (tertiary alicyclic amines) is 1. The van der Waals surface area contributed by atoms with Gasteiger partial charge in [0.1, 0.15) is 28.6 Å². The molecule has 2 saturated heterocycles. The third-order valence-corrected chi connectivity index (χ3v) is 10.5. The molecule has 8 nitrogen and oxygen atoms in total. The van der Waals surface area contributed by atoms with Crippen LogP contribution in [-0.2, 0) is 4.74 Å². The van der Waals surface area contributed by atoms with E-state index < -0.39 is 11.6 Å². The number of aromatic hydroxyl groups is 1. The summed E-state index contributed by atoms with van der Waals surface area (Å²) in [6.45, 7) is 4.06. The molecule has 2 saturated carbocycles. The largest absolute Gasteiger partial charge is 0.508 e. The lowest BCUT2D eigenvalue weighted by Gasteiger charge is -2.46. The van der Waals surface area contributed by atoms with Gasteiger partial charge in [-0.2, -0.15) is 9.97 Å². The number of terminal acetylenes is 1. The highest BCUT2D eigenvalue weighted by atomic mass is 19.1. The summed E-state index contributed by atoms with van der Waals surface area (Å²) >= 11 is 0. The SMILES string of the molecule is C#Cc1c(F)ccc2cc(O)cc(-c3ncc4c(N5CCCOCC5)nc(OC[C@]56CCC[C@H]5N(C5CC5)CCC6)nc4c3F)c12. The third-order valence-electron chi connectivity index (χ3n) is 10.5. The van der Waals surface area contributed by atoms with E-state index in [1.807, 2.05) is 0 Å². The zero-order chi connectivity index (χ0) is 31.4. The first kappa shape index (κ1) is 29.3. The van der Waals surface area contributed by atoms with Gasteiger partial charge in [-0.1, -0.05) is 18.4 Å². The topological polar surface area (TPSA) is 83.8 Å². The number of hydrogen-bond acceptors (Lipinski definition) is 8. The summed E-state index contributed by atoms with van der Waals surface area (Å²) in [5.74, 6) is 1.50. The van der Waals surface area contributed by atoms with Gasteiger partial charge in [-0.3, -0.25) is 9.88 Å². The molecule has 4 fully saturated rings. The molecule has 0 amide bonds. The van der Waals surface area contributed by atoms with E-state index in [1.165, 1.54) is 49.9 Å². The standard InChI is InChI=1S/C36H37F2N5O3/c1-2-25-28(37)10-7-22-18-24(44)19-26(30(22)25)32-31(38)33-27(20-39-32)34(42-13-5-16-45-17-15-42)41-35(40-33)46-21-36-11-3-6-29(36)43(14-4-12-36)23-8-9-23/h1,7,10,18-20,23,29,44H,3-6,8-9,11-17,21H2/t29-,36-/m1/s1. The molecule has 0 spiro atoms. The molecule has 238 valence electrons. The highest BCUT2D eigenvalue weighted by Crippen LogP contribution is 2.51. The van der Waals surface area contributed by atoms with E-state index in [-0.39, 0.29) is 39.5 Å². The monoisotopic (exact) mass is 625 g/mol. The first-order chi connectivity index (χ1) is 22.5. The number of nitrogens with zero attached hydrogens (tertiary/aromatic N) is 5. The van der Waals surface area contributed by atoms with Gasteiger partial charge in [0.25, 0.3) is 0 Å². The van der Waals surface area contributed by atoms with Crippen LogP contribution in [0.25, 0.3) is 32.9 Å². The molecule has 2 aromatic carbocycles. The third kappa shape index (κ3) is 5.01. The van der Waals surface area contributed by atoms with Crippen LogP contribution < -0.4 is 9.64 Å². The molecule has 2 aliphatic carbocycles. The van der Waals surface area contributed by atoms with E-state index >= 15 is 4.39 Å². The van der Waals surface area contributed by atoms with Crippen LogP contribution in [0.15, 0.2) is 30.5 Å². The second-order valence-corrected chi connectivity index (χ2v) is 13.3. The normalized spacial score (nSPS) is 23.8. The van der Waals surface area contributed by atoms with Crippen molar-refractivity contribution in [2.45, 2.75) is 63.5 Å². The first-order valence-corrected chi connectivity index (χ1v) is 16.5. The molecule has 4 aliphatic rings. The summed E-state index contributed by atoms with van der Waals surface area (Å²) in [6.07, 6.45) is 16.3. The molecule has 2 aromatic heterocycles. The quantitative estimate of drug-likeness (QED) is 0.253. The lowest BCUT2D eigenvalue weighted by atomic mass is 9.75. The van der Waals surface area contributed by atoms with Crippen LogP contribution in [0.2, 0.25) is 0 Å². The summed E-state index contributed by atoms with van der Waals surface area (Å²) in [5.41, 5.74) is 0.154. The molecular formula is C36H37F2N5O3. The zero-order valence-corrected chi connectivity index (χ0v) is 25.8. The van der Waals surface area contributed by atoms with Crippen LogP contribution in [0.4, 0.5) is 14.6 Å². The van der Waals surface area contributed by atoms with Gasteiger partial charge in [-0.05, 0) is 75.1 Å². The number of anilines is 1. The van der Waals surface area contributed by atoms with Gasteiger partial charge in [0.05, 0.1) is 24.2 Å². The minimum atomic E-state index is -0.717. The van der Waals surface area contributed by atoms with Crippen LogP contribution in [0.3, 0.4) is 0 Å². The van der Waals surface area contributed by atoms with Gasteiger partial charge < -0.3 is 19.5 Å². The van der Waals surface area contributed by atoms with Crippen molar-refractivity contribution in [3.05, 3.63) is 47.7 Å². The van der Waals surface area contributed by atoms with E-state index in [9.17, 15) is 9.50 Å². The Labute approximate surface area is 266 Å². The van der Waals surface area contributed by atoms with E-state index in [0.29, 0.717) is 67.0 Å². The minimum Gasteiger partial charge on any atom is -0.508 e. The number of halogens is 2. The molecule has 8 rings (SSSR count). The van der Waals surface area contributed by atoms with Gasteiger partial charge in [-0.25, -0.2) is 8.78 Å². The van der Waals surface area contributed by atoms with Crippen LogP contribution in [-0.4, -0.2) is 76.5 Å². The minimum absolute atomic E-state index is 0.0242. The number of phenolic OH excluding ortho intramolecular Hbond substituents is 1. The van der Waals surface area contributed by atoms with Crippen molar-refractivity contribution in [3.8, 4) is 35.4 Å². The van der Waals surface area contributed by atoms with Crippen molar-refractivity contribution in [1.29, 1.82) is 0 Å². The average Bonchev–Trinajstić information content (AvgIpc) is 3.87. The Balaban J connectivity index is 1.24. The predicted molar refractivity (Wildman–Crippen MR) is 172 cm³/mol. The predicted octanol–water partition coefficient (Wildman–Crippen LogP) is 6.21. The number of piperidine rings is 1. The summed E-state index contributed by atoms with van der Waals surface area (Å²) in [5, 5.41) is 11.8. The maximum Gasteiger partial charge on any atom is 0.319 e. The van der Waals surface area contributed by atoms with E-state index in [2.05, 4.69) is 25.7 Å². The average molecular weight is 626 g/mol. The van der Waals surface area contributed by atoms with Crippen molar-refractivity contribution in [3.63, 3.8) is 0 Å². The molecule has 2 aliphatic heterocycles. The number of benzene rings is 2. The molecule has 0 unspecified atom stereocenters. The first-order valence-electron chi connectivity index (χ1n) is 16.5. The van der Waals surface area contributed by atoms with Crippen molar-refractivity contribution in [2.24, 2.45) is 5.41 Å². The fourth-order valence-corrected chi connectivity index (χ4v) is 8.22. The molecular weight excluding hydrogens is 588 g/mol. The Kier molecular flexibility index (Phi) is 7.41. The number of rotatable bonds is 6. The number of phenols is 1. The van der Waals surface area contributed by atoms with Gasteiger partial charge in [-0.15, -0.1) is 6.42 Å². The van der Waals surface area contributed by atoms with Crippen molar-refractivity contribution >= 4 is 27.5 Å². The summed E-state index contributed by atoms with van der Waals surface area (Å²) in [4.78, 5) is 18.8. The maximum atomic E-state index is 16.8. The zero-order valence-electron chi connectivity index (χ0n) is 25.8. The van der Waals surface area contributed by atoms with Crippen LogP contribution in [0.5, 0.6) is 11.8 Å². The molecule has 2 atom stereocenters.